The predicted molar refractivity (Wildman–Crippen MR) is 70.4 cm³/mol. The molecule has 2 rings (SSSR count). The number of aliphatic imine (C=N–C) groups is 1. The Balaban J connectivity index is 2.08. The minimum absolute atomic E-state index is 0.0277. The van der Waals surface area contributed by atoms with Gasteiger partial charge in [0, 0.05) is 36.7 Å². The first-order valence-corrected chi connectivity index (χ1v) is 6.50. The summed E-state index contributed by atoms with van der Waals surface area (Å²) in [6.07, 6.45) is 1.00. The summed E-state index contributed by atoms with van der Waals surface area (Å²) in [7, 11) is 1.90. The largest absolute Gasteiger partial charge is 0.352 e. The van der Waals surface area contributed by atoms with Crippen LogP contribution in [0.15, 0.2) is 21.6 Å². The second-order valence-corrected chi connectivity index (χ2v) is 5.10. The lowest BCUT2D eigenvalue weighted by molar-refractivity contribution is 0.443. The molecule has 0 amide bonds. The van der Waals surface area contributed by atoms with Gasteiger partial charge in [-0.2, -0.15) is 0 Å². The zero-order chi connectivity index (χ0) is 13.1. The molecule has 1 aliphatic heterocycles. The average Bonchev–Trinajstić information content (AvgIpc) is 2.30. The molecule has 0 aromatic heterocycles. The van der Waals surface area contributed by atoms with Gasteiger partial charge in [-0.1, -0.05) is 15.9 Å². The highest BCUT2D eigenvalue weighted by molar-refractivity contribution is 9.10. The Morgan fingerprint density at radius 2 is 2.06 bits per heavy atom. The van der Waals surface area contributed by atoms with Gasteiger partial charge < -0.3 is 10.2 Å². The van der Waals surface area contributed by atoms with Crippen LogP contribution in [0.1, 0.15) is 12.0 Å². The van der Waals surface area contributed by atoms with Gasteiger partial charge in [-0.25, -0.2) is 8.78 Å². The molecule has 0 radical (unpaired) electrons. The van der Waals surface area contributed by atoms with Crippen LogP contribution in [-0.4, -0.2) is 31.0 Å². The minimum atomic E-state index is -0.562. The Bertz CT molecular complexity index is 453. The van der Waals surface area contributed by atoms with E-state index in [0.717, 1.165) is 19.5 Å². The fraction of sp³-hybridized carbons (Fsp3) is 0.417. The topological polar surface area (TPSA) is 27.6 Å². The van der Waals surface area contributed by atoms with Crippen molar-refractivity contribution in [2.24, 2.45) is 4.99 Å². The maximum atomic E-state index is 13.6. The van der Waals surface area contributed by atoms with Crippen molar-refractivity contribution in [1.29, 1.82) is 0 Å². The van der Waals surface area contributed by atoms with Crippen molar-refractivity contribution in [2.75, 3.05) is 20.1 Å². The van der Waals surface area contributed by atoms with E-state index in [1.165, 1.54) is 12.1 Å². The summed E-state index contributed by atoms with van der Waals surface area (Å²) < 4.78 is 27.6. The molecular weight excluding hydrogens is 304 g/mol. The number of guanidine groups is 1. The maximum absolute atomic E-state index is 13.6. The lowest BCUT2D eigenvalue weighted by Gasteiger charge is -2.25. The molecule has 0 aliphatic carbocycles. The predicted octanol–water partition coefficient (Wildman–Crippen LogP) is 2.51. The van der Waals surface area contributed by atoms with Crippen molar-refractivity contribution >= 4 is 21.9 Å². The van der Waals surface area contributed by atoms with Gasteiger partial charge in [0.1, 0.15) is 11.6 Å². The van der Waals surface area contributed by atoms with E-state index in [2.05, 4.69) is 26.2 Å². The second-order valence-electron chi connectivity index (χ2n) is 4.18. The van der Waals surface area contributed by atoms with E-state index in [4.69, 9.17) is 0 Å². The molecule has 1 aromatic carbocycles. The molecule has 18 heavy (non-hydrogen) atoms. The fourth-order valence-corrected chi connectivity index (χ4v) is 2.22. The molecular formula is C12H14BrF2N3. The van der Waals surface area contributed by atoms with Crippen LogP contribution in [0.3, 0.4) is 0 Å². The summed E-state index contributed by atoms with van der Waals surface area (Å²) in [5, 5.41) is 2.97. The molecule has 6 heteroatoms. The normalized spacial score (nSPS) is 15.6. The van der Waals surface area contributed by atoms with Crippen LogP contribution < -0.4 is 5.32 Å². The molecule has 0 fully saturated rings. The fourth-order valence-electron chi connectivity index (χ4n) is 1.82. The van der Waals surface area contributed by atoms with Crippen molar-refractivity contribution in [3.05, 3.63) is 33.8 Å². The quantitative estimate of drug-likeness (QED) is 0.907. The Labute approximate surface area is 113 Å². The van der Waals surface area contributed by atoms with Crippen molar-refractivity contribution in [2.45, 2.75) is 13.0 Å². The standard InChI is InChI=1S/C12H14BrF2N3/c1-18-4-2-3-16-12(18)17-7-9-10(14)5-8(13)6-11(9)15/h5-6H,2-4,7H2,1H3,(H,16,17). The van der Waals surface area contributed by atoms with Crippen LogP contribution >= 0.6 is 15.9 Å². The van der Waals surface area contributed by atoms with Crippen molar-refractivity contribution in [1.82, 2.24) is 10.2 Å². The highest BCUT2D eigenvalue weighted by atomic mass is 79.9. The first kappa shape index (κ1) is 13.3. The number of hydrogen-bond donors (Lipinski definition) is 1. The van der Waals surface area contributed by atoms with Crippen LogP contribution in [0.2, 0.25) is 0 Å². The van der Waals surface area contributed by atoms with E-state index < -0.39 is 11.6 Å². The third-order valence-corrected chi connectivity index (χ3v) is 3.26. The van der Waals surface area contributed by atoms with Gasteiger partial charge in [-0.3, -0.25) is 4.99 Å². The Morgan fingerprint density at radius 3 is 2.67 bits per heavy atom. The molecule has 1 heterocycles. The number of rotatable bonds is 2. The third kappa shape index (κ3) is 2.98. The van der Waals surface area contributed by atoms with E-state index in [9.17, 15) is 8.78 Å². The van der Waals surface area contributed by atoms with Crippen LogP contribution in [0.5, 0.6) is 0 Å². The lowest BCUT2D eigenvalue weighted by atomic mass is 10.2. The molecule has 0 unspecified atom stereocenters. The summed E-state index contributed by atoms with van der Waals surface area (Å²) in [5.41, 5.74) is 0.0277. The molecule has 0 bridgehead atoms. The Hall–Kier alpha value is -1.17. The summed E-state index contributed by atoms with van der Waals surface area (Å²) in [6, 6.07) is 2.51. The number of hydrogen-bond acceptors (Lipinski definition) is 3. The van der Waals surface area contributed by atoms with E-state index >= 15 is 0 Å². The Morgan fingerprint density at radius 1 is 1.39 bits per heavy atom. The van der Waals surface area contributed by atoms with Crippen molar-refractivity contribution in [3.63, 3.8) is 0 Å². The average molecular weight is 318 g/mol. The second kappa shape index (κ2) is 5.65. The van der Waals surface area contributed by atoms with Gasteiger partial charge in [-0.15, -0.1) is 0 Å². The Kier molecular flexibility index (Phi) is 4.16. The lowest BCUT2D eigenvalue weighted by Crippen LogP contribution is -2.42. The first-order valence-electron chi connectivity index (χ1n) is 5.71. The molecule has 1 aromatic rings. The van der Waals surface area contributed by atoms with Gasteiger partial charge in [0.25, 0.3) is 0 Å². The van der Waals surface area contributed by atoms with Crippen LogP contribution in [0.25, 0.3) is 0 Å². The smallest absolute Gasteiger partial charge is 0.193 e. The van der Waals surface area contributed by atoms with Crippen molar-refractivity contribution < 1.29 is 8.78 Å². The van der Waals surface area contributed by atoms with Crippen molar-refractivity contribution in [3.8, 4) is 0 Å². The van der Waals surface area contributed by atoms with Crippen LogP contribution in [0, 0.1) is 11.6 Å². The van der Waals surface area contributed by atoms with Gasteiger partial charge in [0.15, 0.2) is 5.96 Å². The summed E-state index contributed by atoms with van der Waals surface area (Å²) in [6.45, 7) is 1.74. The van der Waals surface area contributed by atoms with Gasteiger partial charge in [0.2, 0.25) is 0 Å². The van der Waals surface area contributed by atoms with E-state index in [0.29, 0.717) is 10.4 Å². The molecule has 0 atom stereocenters. The number of nitrogens with one attached hydrogen (secondary N) is 1. The van der Waals surface area contributed by atoms with Gasteiger partial charge in [-0.05, 0) is 18.6 Å². The molecule has 3 nitrogen and oxygen atoms in total. The number of nitrogens with zero attached hydrogens (tertiary/aromatic N) is 2. The maximum Gasteiger partial charge on any atom is 0.193 e. The van der Waals surface area contributed by atoms with E-state index in [1.807, 2.05) is 11.9 Å². The number of benzene rings is 1. The number of halogens is 3. The van der Waals surface area contributed by atoms with E-state index in [1.54, 1.807) is 0 Å². The van der Waals surface area contributed by atoms with Crippen LogP contribution in [-0.2, 0) is 6.54 Å². The van der Waals surface area contributed by atoms with Crippen LogP contribution in [0.4, 0.5) is 8.78 Å². The molecule has 0 saturated carbocycles. The first-order chi connectivity index (χ1) is 8.58. The molecule has 98 valence electrons. The zero-order valence-corrected chi connectivity index (χ0v) is 11.6. The third-order valence-electron chi connectivity index (χ3n) is 2.80. The summed E-state index contributed by atoms with van der Waals surface area (Å²) in [5.74, 6) is -0.440. The highest BCUT2D eigenvalue weighted by Gasteiger charge is 2.14. The molecule has 1 N–H and O–H groups in total. The summed E-state index contributed by atoms with van der Waals surface area (Å²) in [4.78, 5) is 6.22. The zero-order valence-electron chi connectivity index (χ0n) is 10.0. The summed E-state index contributed by atoms with van der Waals surface area (Å²) >= 11 is 3.05. The minimum Gasteiger partial charge on any atom is -0.352 e. The highest BCUT2D eigenvalue weighted by Crippen LogP contribution is 2.19. The van der Waals surface area contributed by atoms with Gasteiger partial charge >= 0.3 is 0 Å². The van der Waals surface area contributed by atoms with Gasteiger partial charge in [0.05, 0.1) is 0 Å². The molecule has 1 aliphatic rings. The van der Waals surface area contributed by atoms with E-state index in [-0.39, 0.29) is 12.1 Å². The SMILES string of the molecule is CN1CCCN=C1NCc1c(F)cc(Br)cc1F. The molecule has 0 saturated heterocycles. The molecule has 0 spiro atoms. The monoisotopic (exact) mass is 317 g/mol.